The highest BCUT2D eigenvalue weighted by Crippen LogP contribution is 2.53. The Morgan fingerprint density at radius 3 is 1.44 bits per heavy atom. The molecule has 0 aromatic heterocycles. The van der Waals surface area contributed by atoms with Crippen LogP contribution in [-0.4, -0.2) is 26.2 Å². The van der Waals surface area contributed by atoms with Gasteiger partial charge in [0.25, 0.3) is 0 Å². The SMILES string of the molecule is CC(C)c1ccc(C(c2ccc(O)c([N+](=O)[O-])c2)(c2ccc(O)c([N+](=O)[O-])c2)C(F)(F)F)cc1. The van der Waals surface area contributed by atoms with Gasteiger partial charge in [0.15, 0.2) is 11.5 Å². The molecule has 0 bridgehead atoms. The van der Waals surface area contributed by atoms with Crippen LogP contribution in [0.15, 0.2) is 60.7 Å². The highest BCUT2D eigenvalue weighted by Gasteiger charge is 2.59. The summed E-state index contributed by atoms with van der Waals surface area (Å²) in [6.07, 6.45) is -5.15. The Hall–Kier alpha value is -4.15. The summed E-state index contributed by atoms with van der Waals surface area (Å²) in [6.45, 7) is 3.69. The molecule has 0 atom stereocenters. The molecule has 11 heteroatoms. The number of nitrogens with zero attached hydrogens (tertiary/aromatic N) is 2. The van der Waals surface area contributed by atoms with E-state index >= 15 is 13.2 Å². The lowest BCUT2D eigenvalue weighted by atomic mass is 9.68. The molecule has 0 aliphatic rings. The fourth-order valence-corrected chi connectivity index (χ4v) is 3.91. The fourth-order valence-electron chi connectivity index (χ4n) is 3.91. The van der Waals surface area contributed by atoms with E-state index in [0.29, 0.717) is 12.1 Å². The first-order valence-electron chi connectivity index (χ1n) is 9.93. The van der Waals surface area contributed by atoms with Crippen LogP contribution in [0.25, 0.3) is 0 Å². The molecule has 0 saturated heterocycles. The van der Waals surface area contributed by atoms with Gasteiger partial charge in [0.2, 0.25) is 0 Å². The predicted molar refractivity (Wildman–Crippen MR) is 116 cm³/mol. The number of alkyl halides is 3. The van der Waals surface area contributed by atoms with Gasteiger partial charge in [0.05, 0.1) is 9.85 Å². The van der Waals surface area contributed by atoms with Gasteiger partial charge in [-0.15, -0.1) is 0 Å². The largest absolute Gasteiger partial charge is 0.502 e. The van der Waals surface area contributed by atoms with Crippen LogP contribution in [0.4, 0.5) is 24.5 Å². The molecule has 2 N–H and O–H groups in total. The molecule has 0 aliphatic carbocycles. The van der Waals surface area contributed by atoms with Gasteiger partial charge < -0.3 is 10.2 Å². The number of benzene rings is 3. The van der Waals surface area contributed by atoms with Crippen molar-refractivity contribution in [3.63, 3.8) is 0 Å². The van der Waals surface area contributed by atoms with E-state index in [2.05, 4.69) is 0 Å². The summed E-state index contributed by atoms with van der Waals surface area (Å²) < 4.78 is 45.3. The maximum atomic E-state index is 15.1. The maximum Gasteiger partial charge on any atom is 0.406 e. The number of nitro groups is 2. The van der Waals surface area contributed by atoms with E-state index in [9.17, 15) is 30.4 Å². The van der Waals surface area contributed by atoms with Gasteiger partial charge in [-0.05, 0) is 40.3 Å². The van der Waals surface area contributed by atoms with E-state index < -0.39 is 55.4 Å². The van der Waals surface area contributed by atoms with Gasteiger partial charge >= 0.3 is 17.6 Å². The molecule has 8 nitrogen and oxygen atoms in total. The molecule has 0 amide bonds. The lowest BCUT2D eigenvalue weighted by Crippen LogP contribution is -2.44. The van der Waals surface area contributed by atoms with Crippen molar-refractivity contribution >= 4 is 11.4 Å². The average Bonchev–Trinajstić information content (AvgIpc) is 2.75. The normalized spacial score (nSPS) is 12.1. The number of nitro benzene ring substituents is 2. The Balaban J connectivity index is 2.50. The van der Waals surface area contributed by atoms with Crippen LogP contribution in [-0.2, 0) is 5.41 Å². The van der Waals surface area contributed by atoms with E-state index in [1.54, 1.807) is 0 Å². The molecule has 34 heavy (non-hydrogen) atoms. The summed E-state index contributed by atoms with van der Waals surface area (Å²) in [5.74, 6) is -1.67. The molecule has 0 unspecified atom stereocenters. The predicted octanol–water partition coefficient (Wildman–Crippen LogP) is 5.93. The van der Waals surface area contributed by atoms with Crippen molar-refractivity contribution in [2.24, 2.45) is 0 Å². The third-order valence-electron chi connectivity index (χ3n) is 5.65. The van der Waals surface area contributed by atoms with Crippen molar-refractivity contribution in [1.29, 1.82) is 0 Å². The Morgan fingerprint density at radius 1 is 0.735 bits per heavy atom. The number of hydrogen-bond donors (Lipinski definition) is 2. The summed E-state index contributed by atoms with van der Waals surface area (Å²) in [6, 6.07) is 9.86. The van der Waals surface area contributed by atoms with E-state index in [4.69, 9.17) is 0 Å². The van der Waals surface area contributed by atoms with Crippen LogP contribution >= 0.6 is 0 Å². The van der Waals surface area contributed by atoms with Gasteiger partial charge in [-0.3, -0.25) is 20.2 Å². The second-order valence-electron chi connectivity index (χ2n) is 7.95. The molecular weight excluding hydrogens is 457 g/mol. The van der Waals surface area contributed by atoms with E-state index in [1.807, 2.05) is 13.8 Å². The molecule has 3 aromatic carbocycles. The molecule has 0 heterocycles. The van der Waals surface area contributed by atoms with E-state index in [1.165, 1.54) is 24.3 Å². The van der Waals surface area contributed by atoms with Crippen molar-refractivity contribution in [3.05, 3.63) is 103 Å². The van der Waals surface area contributed by atoms with E-state index in [0.717, 1.165) is 29.8 Å². The van der Waals surface area contributed by atoms with Crippen molar-refractivity contribution < 1.29 is 33.2 Å². The highest BCUT2D eigenvalue weighted by molar-refractivity contribution is 5.61. The molecule has 0 radical (unpaired) electrons. The molecule has 0 aliphatic heterocycles. The van der Waals surface area contributed by atoms with Crippen LogP contribution in [0.2, 0.25) is 0 Å². The van der Waals surface area contributed by atoms with Gasteiger partial charge in [-0.1, -0.05) is 50.2 Å². The van der Waals surface area contributed by atoms with Crippen molar-refractivity contribution in [2.75, 3.05) is 0 Å². The highest BCUT2D eigenvalue weighted by atomic mass is 19.4. The smallest absolute Gasteiger partial charge is 0.406 e. The summed E-state index contributed by atoms with van der Waals surface area (Å²) in [5, 5.41) is 42.4. The second kappa shape index (κ2) is 8.65. The van der Waals surface area contributed by atoms with Crippen LogP contribution in [0, 0.1) is 20.2 Å². The first-order valence-corrected chi connectivity index (χ1v) is 9.93. The number of hydrogen-bond acceptors (Lipinski definition) is 6. The van der Waals surface area contributed by atoms with Crippen molar-refractivity contribution in [2.45, 2.75) is 31.4 Å². The van der Waals surface area contributed by atoms with Crippen LogP contribution in [0.5, 0.6) is 11.5 Å². The molecule has 178 valence electrons. The number of phenolic OH excluding ortho intramolecular Hbond substituents is 2. The van der Waals surface area contributed by atoms with Crippen LogP contribution in [0.3, 0.4) is 0 Å². The number of rotatable bonds is 6. The third kappa shape index (κ3) is 4.00. The summed E-state index contributed by atoms with van der Waals surface area (Å²) >= 11 is 0. The average molecular weight is 476 g/mol. The molecule has 3 aromatic rings. The summed E-state index contributed by atoms with van der Waals surface area (Å²) in [4.78, 5) is 20.7. The lowest BCUT2D eigenvalue weighted by molar-refractivity contribution is -0.386. The second-order valence-corrected chi connectivity index (χ2v) is 7.95. The van der Waals surface area contributed by atoms with Gasteiger partial charge in [0.1, 0.15) is 5.41 Å². The van der Waals surface area contributed by atoms with Crippen LogP contribution < -0.4 is 0 Å². The zero-order valence-electron chi connectivity index (χ0n) is 17.9. The van der Waals surface area contributed by atoms with Gasteiger partial charge in [-0.25, -0.2) is 0 Å². The Labute approximate surface area is 191 Å². The molecule has 0 saturated carbocycles. The third-order valence-corrected chi connectivity index (χ3v) is 5.65. The first-order chi connectivity index (χ1) is 15.8. The quantitative estimate of drug-likeness (QED) is 0.258. The van der Waals surface area contributed by atoms with Crippen molar-refractivity contribution in [3.8, 4) is 11.5 Å². The first kappa shape index (κ1) is 24.5. The Kier molecular flexibility index (Phi) is 6.23. The zero-order chi connectivity index (χ0) is 25.4. The lowest BCUT2D eigenvalue weighted by Gasteiger charge is -2.37. The molecule has 0 spiro atoms. The molecule has 0 fully saturated rings. The minimum atomic E-state index is -5.15. The number of aromatic hydroxyl groups is 2. The van der Waals surface area contributed by atoms with E-state index in [-0.39, 0.29) is 11.5 Å². The van der Waals surface area contributed by atoms with Gasteiger partial charge in [0, 0.05) is 12.1 Å². The zero-order valence-corrected chi connectivity index (χ0v) is 17.9. The standard InChI is InChI=1S/C23H19F3N2O6/c1-13(2)14-3-5-15(6-4-14)22(23(24,25)26,16-7-9-20(29)18(11-16)27(31)32)17-8-10-21(30)19(12-17)28(33)34/h3-13,29-30H,1-2H3. The molecular formula is C23H19F3N2O6. The summed E-state index contributed by atoms with van der Waals surface area (Å²) in [7, 11) is 0. The molecule has 3 rings (SSSR count). The monoisotopic (exact) mass is 476 g/mol. The van der Waals surface area contributed by atoms with Crippen LogP contribution in [0.1, 0.15) is 42.0 Å². The topological polar surface area (TPSA) is 127 Å². The number of phenols is 2. The fraction of sp³-hybridized carbons (Fsp3) is 0.217. The number of halogens is 3. The summed E-state index contributed by atoms with van der Waals surface area (Å²) in [5.41, 5.74) is -5.92. The maximum absolute atomic E-state index is 15.1. The van der Waals surface area contributed by atoms with Crippen molar-refractivity contribution in [1.82, 2.24) is 0 Å². The Bertz CT molecular complexity index is 1190. The van der Waals surface area contributed by atoms with Gasteiger partial charge in [-0.2, -0.15) is 13.2 Å². The Morgan fingerprint density at radius 2 is 1.12 bits per heavy atom. The minimum absolute atomic E-state index is 0.00106. The minimum Gasteiger partial charge on any atom is -0.502 e.